The zero-order chi connectivity index (χ0) is 14.1. The highest BCUT2D eigenvalue weighted by atomic mass is 35.5. The van der Waals surface area contributed by atoms with Crippen LogP contribution in [0.5, 0.6) is 0 Å². The first kappa shape index (κ1) is 13.1. The largest absolute Gasteiger partial charge is 0.481 e. The average molecular weight is 292 g/mol. The van der Waals surface area contributed by atoms with Gasteiger partial charge < -0.3 is 5.11 Å². The number of aliphatic carboxylic acids is 1. The second-order valence-corrected chi connectivity index (χ2v) is 5.44. The van der Waals surface area contributed by atoms with Crippen molar-refractivity contribution in [2.24, 2.45) is 5.92 Å². The van der Waals surface area contributed by atoms with Gasteiger partial charge in [-0.3, -0.25) is 4.79 Å². The van der Waals surface area contributed by atoms with Gasteiger partial charge in [0.15, 0.2) is 5.82 Å². The summed E-state index contributed by atoms with van der Waals surface area (Å²) in [6, 6.07) is 7.59. The molecule has 0 saturated carbocycles. The van der Waals surface area contributed by atoms with Crippen LogP contribution in [0.2, 0.25) is 5.02 Å². The van der Waals surface area contributed by atoms with Crippen LogP contribution in [0.4, 0.5) is 0 Å². The molecule has 20 heavy (non-hydrogen) atoms. The number of fused-ring (bicyclic) bond motifs is 1. The van der Waals surface area contributed by atoms with E-state index in [2.05, 4.69) is 10.1 Å². The highest BCUT2D eigenvalue weighted by molar-refractivity contribution is 6.30. The number of benzene rings is 1. The van der Waals surface area contributed by atoms with Crippen LogP contribution in [0.1, 0.15) is 23.6 Å². The molecule has 1 N–H and O–H groups in total. The van der Waals surface area contributed by atoms with Crippen molar-refractivity contribution < 1.29 is 9.90 Å². The first-order valence-electron chi connectivity index (χ1n) is 6.51. The molecule has 1 atom stereocenters. The van der Waals surface area contributed by atoms with E-state index in [-0.39, 0.29) is 5.92 Å². The summed E-state index contributed by atoms with van der Waals surface area (Å²) in [4.78, 5) is 15.5. The third kappa shape index (κ3) is 2.67. The van der Waals surface area contributed by atoms with Gasteiger partial charge >= 0.3 is 5.97 Å². The number of carboxylic acids is 1. The first-order chi connectivity index (χ1) is 9.61. The molecule has 6 heteroatoms. The van der Waals surface area contributed by atoms with Gasteiger partial charge in [-0.15, -0.1) is 0 Å². The molecular weight excluding hydrogens is 278 g/mol. The monoisotopic (exact) mass is 291 g/mol. The molecule has 1 aliphatic rings. The highest BCUT2D eigenvalue weighted by Crippen LogP contribution is 2.20. The van der Waals surface area contributed by atoms with Crippen molar-refractivity contribution in [1.82, 2.24) is 14.8 Å². The standard InChI is InChI=1S/C14H14ClN3O2/c15-11-3-1-2-9(6-11)7-12-16-13-5-4-10(14(19)20)8-18(13)17-12/h1-3,6,10H,4-5,7-8H2,(H,19,20). The molecule has 3 rings (SSSR count). The molecule has 1 aliphatic heterocycles. The fraction of sp³-hybridized carbons (Fsp3) is 0.357. The molecule has 0 radical (unpaired) electrons. The minimum atomic E-state index is -0.762. The smallest absolute Gasteiger partial charge is 0.308 e. The van der Waals surface area contributed by atoms with Crippen LogP contribution in [0, 0.1) is 5.92 Å². The van der Waals surface area contributed by atoms with E-state index >= 15 is 0 Å². The second-order valence-electron chi connectivity index (χ2n) is 5.01. The van der Waals surface area contributed by atoms with E-state index in [1.807, 2.05) is 24.3 Å². The first-order valence-corrected chi connectivity index (χ1v) is 6.89. The number of aryl methyl sites for hydroxylation is 1. The zero-order valence-electron chi connectivity index (χ0n) is 10.8. The summed E-state index contributed by atoms with van der Waals surface area (Å²) in [5.74, 6) is 0.471. The van der Waals surface area contributed by atoms with Crippen molar-refractivity contribution in [2.75, 3.05) is 0 Å². The lowest BCUT2D eigenvalue weighted by Crippen LogP contribution is -2.27. The van der Waals surface area contributed by atoms with Crippen LogP contribution >= 0.6 is 11.6 Å². The fourth-order valence-electron chi connectivity index (χ4n) is 2.47. The van der Waals surface area contributed by atoms with Crippen LogP contribution in [0.25, 0.3) is 0 Å². The predicted molar refractivity (Wildman–Crippen MR) is 73.7 cm³/mol. The molecule has 0 fully saturated rings. The molecule has 0 spiro atoms. The van der Waals surface area contributed by atoms with E-state index in [9.17, 15) is 4.79 Å². The van der Waals surface area contributed by atoms with Gasteiger partial charge in [0.2, 0.25) is 0 Å². The van der Waals surface area contributed by atoms with E-state index in [0.717, 1.165) is 11.4 Å². The molecular formula is C14H14ClN3O2. The Morgan fingerprint density at radius 2 is 2.35 bits per heavy atom. The Balaban J connectivity index is 1.79. The summed E-state index contributed by atoms with van der Waals surface area (Å²) >= 11 is 5.95. The van der Waals surface area contributed by atoms with Crippen LogP contribution < -0.4 is 0 Å². The third-order valence-electron chi connectivity index (χ3n) is 3.50. The number of halogens is 1. The van der Waals surface area contributed by atoms with Crippen LogP contribution in [-0.2, 0) is 24.2 Å². The number of hydrogen-bond donors (Lipinski definition) is 1. The number of carboxylic acid groups (broad SMARTS) is 1. The van der Waals surface area contributed by atoms with Crippen molar-refractivity contribution >= 4 is 17.6 Å². The van der Waals surface area contributed by atoms with Gasteiger partial charge in [0, 0.05) is 17.9 Å². The van der Waals surface area contributed by atoms with Gasteiger partial charge in [-0.2, -0.15) is 5.10 Å². The van der Waals surface area contributed by atoms with Gasteiger partial charge in [0.05, 0.1) is 12.5 Å². The lowest BCUT2D eigenvalue weighted by Gasteiger charge is -2.18. The summed E-state index contributed by atoms with van der Waals surface area (Å²) in [5.41, 5.74) is 1.05. The molecule has 0 aliphatic carbocycles. The fourth-order valence-corrected chi connectivity index (χ4v) is 2.68. The second kappa shape index (κ2) is 5.25. The SMILES string of the molecule is O=C(O)C1CCc2nc(Cc3cccc(Cl)c3)nn2C1. The van der Waals surface area contributed by atoms with Crippen molar-refractivity contribution in [3.63, 3.8) is 0 Å². The Hall–Kier alpha value is -1.88. The summed E-state index contributed by atoms with van der Waals surface area (Å²) in [5, 5.41) is 14.2. The molecule has 104 valence electrons. The highest BCUT2D eigenvalue weighted by Gasteiger charge is 2.26. The maximum atomic E-state index is 11.0. The van der Waals surface area contributed by atoms with E-state index in [1.165, 1.54) is 0 Å². The number of carbonyl (C=O) groups is 1. The maximum absolute atomic E-state index is 11.0. The van der Waals surface area contributed by atoms with Crippen molar-refractivity contribution in [3.05, 3.63) is 46.5 Å². The van der Waals surface area contributed by atoms with Crippen LogP contribution in [0.3, 0.4) is 0 Å². The van der Waals surface area contributed by atoms with E-state index in [0.29, 0.717) is 36.7 Å². The minimum Gasteiger partial charge on any atom is -0.481 e. The lowest BCUT2D eigenvalue weighted by molar-refractivity contribution is -0.142. The Bertz CT molecular complexity index is 654. The molecule has 1 unspecified atom stereocenters. The molecule has 1 aromatic heterocycles. The number of nitrogens with zero attached hydrogens (tertiary/aromatic N) is 3. The normalized spacial score (nSPS) is 17.8. The molecule has 2 aromatic rings. The van der Waals surface area contributed by atoms with Gasteiger partial charge in [-0.25, -0.2) is 9.67 Å². The van der Waals surface area contributed by atoms with E-state index < -0.39 is 5.97 Å². The summed E-state index contributed by atoms with van der Waals surface area (Å²) in [7, 11) is 0. The molecule has 1 aromatic carbocycles. The quantitative estimate of drug-likeness (QED) is 0.941. The Labute approximate surface area is 121 Å². The molecule has 2 heterocycles. The Kier molecular flexibility index (Phi) is 3.44. The van der Waals surface area contributed by atoms with Crippen LogP contribution in [-0.4, -0.2) is 25.8 Å². The van der Waals surface area contributed by atoms with Crippen molar-refractivity contribution in [2.45, 2.75) is 25.8 Å². The topological polar surface area (TPSA) is 68.0 Å². The van der Waals surface area contributed by atoms with Crippen LogP contribution in [0.15, 0.2) is 24.3 Å². The van der Waals surface area contributed by atoms with Gasteiger partial charge in [-0.05, 0) is 24.1 Å². The van der Waals surface area contributed by atoms with Crippen molar-refractivity contribution in [1.29, 1.82) is 0 Å². The van der Waals surface area contributed by atoms with E-state index in [4.69, 9.17) is 16.7 Å². The summed E-state index contributed by atoms with van der Waals surface area (Å²) in [6.45, 7) is 0.410. The number of aromatic nitrogens is 3. The van der Waals surface area contributed by atoms with Crippen molar-refractivity contribution in [3.8, 4) is 0 Å². The average Bonchev–Trinajstić information content (AvgIpc) is 2.79. The van der Waals surface area contributed by atoms with Gasteiger partial charge in [0.1, 0.15) is 5.82 Å². The molecule has 0 saturated heterocycles. The molecule has 0 bridgehead atoms. The molecule has 0 amide bonds. The van der Waals surface area contributed by atoms with Gasteiger partial charge in [0.25, 0.3) is 0 Å². The predicted octanol–water partition coefficient (Wildman–Crippen LogP) is 2.17. The number of hydrogen-bond acceptors (Lipinski definition) is 3. The van der Waals surface area contributed by atoms with E-state index in [1.54, 1.807) is 4.68 Å². The zero-order valence-corrected chi connectivity index (χ0v) is 11.5. The van der Waals surface area contributed by atoms with Gasteiger partial charge in [-0.1, -0.05) is 23.7 Å². The Morgan fingerprint density at radius 1 is 1.50 bits per heavy atom. The lowest BCUT2D eigenvalue weighted by atomic mass is 10.0. The number of rotatable bonds is 3. The molecule has 5 nitrogen and oxygen atoms in total. The summed E-state index contributed by atoms with van der Waals surface area (Å²) in [6.07, 6.45) is 1.91. The Morgan fingerprint density at radius 3 is 3.10 bits per heavy atom. The maximum Gasteiger partial charge on any atom is 0.308 e. The minimum absolute atomic E-state index is 0.358. The third-order valence-corrected chi connectivity index (χ3v) is 3.74. The summed E-state index contributed by atoms with van der Waals surface area (Å²) < 4.78 is 1.72.